The van der Waals surface area contributed by atoms with Gasteiger partial charge in [0.15, 0.2) is 0 Å². The van der Waals surface area contributed by atoms with Crippen LogP contribution in [0.2, 0.25) is 0 Å². The van der Waals surface area contributed by atoms with Gasteiger partial charge in [-0.25, -0.2) is 0 Å². The van der Waals surface area contributed by atoms with Gasteiger partial charge in [-0.05, 0) is 13.3 Å². The first-order chi connectivity index (χ1) is 6.94. The lowest BCUT2D eigenvalue weighted by Crippen LogP contribution is -2.40. The Morgan fingerprint density at radius 3 is 2.87 bits per heavy atom. The highest BCUT2D eigenvalue weighted by atomic mass is 16.3. The number of carbonyl (C=O) groups is 1. The molecule has 0 aliphatic heterocycles. The molecule has 0 radical (unpaired) electrons. The molecule has 15 heavy (non-hydrogen) atoms. The molecule has 84 valence electrons. The third kappa shape index (κ3) is 3.21. The van der Waals surface area contributed by atoms with E-state index in [4.69, 9.17) is 5.73 Å². The smallest absolute Gasteiger partial charge is 0.288 e. The summed E-state index contributed by atoms with van der Waals surface area (Å²) < 4.78 is 0. The van der Waals surface area contributed by atoms with E-state index in [1.165, 1.54) is 0 Å². The summed E-state index contributed by atoms with van der Waals surface area (Å²) in [6, 6.07) is 0. The molecule has 7 nitrogen and oxygen atoms in total. The maximum atomic E-state index is 11.4. The summed E-state index contributed by atoms with van der Waals surface area (Å²) in [6.45, 7) is 3.63. The minimum atomic E-state index is -0.915. The standard InChI is InChI=1S/C8H15N5O2/c1-3-8(2,15)4-10-6(14)5-11-7(9)13-12-5/h15H,3-4H2,1-2H3,(H,10,14)(H3,9,11,12,13). The number of rotatable bonds is 4. The second-order valence-corrected chi connectivity index (χ2v) is 3.58. The van der Waals surface area contributed by atoms with Crippen LogP contribution in [0, 0.1) is 0 Å². The molecule has 0 fully saturated rings. The van der Waals surface area contributed by atoms with E-state index in [-0.39, 0.29) is 18.3 Å². The van der Waals surface area contributed by atoms with Crippen LogP contribution < -0.4 is 11.1 Å². The maximum Gasteiger partial charge on any atom is 0.288 e. The number of anilines is 1. The SMILES string of the molecule is CCC(C)(O)CNC(=O)c1nc(N)n[nH]1. The average molecular weight is 213 g/mol. The summed E-state index contributed by atoms with van der Waals surface area (Å²) in [7, 11) is 0. The Morgan fingerprint density at radius 2 is 2.40 bits per heavy atom. The van der Waals surface area contributed by atoms with Crippen LogP contribution in [-0.4, -0.2) is 38.3 Å². The van der Waals surface area contributed by atoms with Gasteiger partial charge >= 0.3 is 0 Å². The summed E-state index contributed by atoms with van der Waals surface area (Å²) in [5, 5.41) is 18.1. The van der Waals surface area contributed by atoms with Crippen molar-refractivity contribution < 1.29 is 9.90 Å². The highest BCUT2D eigenvalue weighted by Crippen LogP contribution is 2.06. The normalized spacial score (nSPS) is 14.6. The minimum absolute atomic E-state index is 0.0161. The Balaban J connectivity index is 2.50. The number of hydrogen-bond donors (Lipinski definition) is 4. The van der Waals surface area contributed by atoms with E-state index in [0.717, 1.165) is 0 Å². The summed E-state index contributed by atoms with van der Waals surface area (Å²) in [6.07, 6.45) is 0.547. The number of hydrogen-bond acceptors (Lipinski definition) is 5. The largest absolute Gasteiger partial charge is 0.388 e. The fourth-order valence-electron chi connectivity index (χ4n) is 0.856. The van der Waals surface area contributed by atoms with Crippen molar-refractivity contribution in [3.63, 3.8) is 0 Å². The van der Waals surface area contributed by atoms with Gasteiger partial charge in [0.25, 0.3) is 5.91 Å². The van der Waals surface area contributed by atoms with Gasteiger partial charge in [0.1, 0.15) is 0 Å². The van der Waals surface area contributed by atoms with Crippen LogP contribution in [0.15, 0.2) is 0 Å². The lowest BCUT2D eigenvalue weighted by Gasteiger charge is -2.20. The Labute approximate surface area is 87.1 Å². The van der Waals surface area contributed by atoms with Crippen LogP contribution in [0.25, 0.3) is 0 Å². The Kier molecular flexibility index (Phi) is 3.25. The first-order valence-corrected chi connectivity index (χ1v) is 4.63. The molecule has 1 aromatic heterocycles. The zero-order valence-corrected chi connectivity index (χ0v) is 8.74. The van der Waals surface area contributed by atoms with Crippen molar-refractivity contribution in [2.24, 2.45) is 0 Å². The molecule has 0 aromatic carbocycles. The molecule has 1 atom stereocenters. The zero-order valence-electron chi connectivity index (χ0n) is 8.74. The van der Waals surface area contributed by atoms with Crippen LogP contribution in [0.1, 0.15) is 30.9 Å². The second kappa shape index (κ2) is 4.26. The average Bonchev–Trinajstić information content (AvgIpc) is 2.61. The number of nitrogens with zero attached hydrogens (tertiary/aromatic N) is 2. The van der Waals surface area contributed by atoms with Crippen LogP contribution in [-0.2, 0) is 0 Å². The number of nitrogens with two attached hydrogens (primary N) is 1. The monoisotopic (exact) mass is 213 g/mol. The summed E-state index contributed by atoms with van der Waals surface area (Å²) in [5.74, 6) is -0.380. The molecule has 0 spiro atoms. The van der Waals surface area contributed by atoms with Crippen molar-refractivity contribution in [1.82, 2.24) is 20.5 Å². The molecule has 0 saturated carbocycles. The molecule has 1 aromatic rings. The van der Waals surface area contributed by atoms with E-state index in [9.17, 15) is 9.90 Å². The zero-order chi connectivity index (χ0) is 11.5. The van der Waals surface area contributed by atoms with Gasteiger partial charge in [-0.1, -0.05) is 6.92 Å². The van der Waals surface area contributed by atoms with Crippen LogP contribution in [0.4, 0.5) is 5.95 Å². The van der Waals surface area contributed by atoms with E-state index >= 15 is 0 Å². The third-order valence-corrected chi connectivity index (χ3v) is 2.11. The van der Waals surface area contributed by atoms with Crippen LogP contribution in [0.5, 0.6) is 0 Å². The third-order valence-electron chi connectivity index (χ3n) is 2.11. The van der Waals surface area contributed by atoms with Gasteiger partial charge in [0, 0.05) is 6.54 Å². The molecule has 7 heteroatoms. The second-order valence-electron chi connectivity index (χ2n) is 3.58. The fourth-order valence-corrected chi connectivity index (χ4v) is 0.856. The lowest BCUT2D eigenvalue weighted by molar-refractivity contribution is 0.0515. The number of aromatic nitrogens is 3. The topological polar surface area (TPSA) is 117 Å². The van der Waals surface area contributed by atoms with Crippen molar-refractivity contribution in [2.75, 3.05) is 12.3 Å². The first kappa shape index (κ1) is 11.4. The van der Waals surface area contributed by atoms with Crippen LogP contribution >= 0.6 is 0 Å². The number of nitrogen functional groups attached to an aromatic ring is 1. The highest BCUT2D eigenvalue weighted by Gasteiger charge is 2.19. The van der Waals surface area contributed by atoms with Gasteiger partial charge in [-0.3, -0.25) is 9.89 Å². The molecule has 0 bridgehead atoms. The van der Waals surface area contributed by atoms with Crippen molar-refractivity contribution >= 4 is 11.9 Å². The Hall–Kier alpha value is -1.63. The number of aromatic amines is 1. The minimum Gasteiger partial charge on any atom is -0.388 e. The van der Waals surface area contributed by atoms with E-state index in [1.807, 2.05) is 6.92 Å². The predicted octanol–water partition coefficient (Wildman–Crippen LogP) is -0.722. The Bertz CT molecular complexity index is 347. The number of aliphatic hydroxyl groups is 1. The van der Waals surface area contributed by atoms with Crippen molar-refractivity contribution in [3.8, 4) is 0 Å². The van der Waals surface area contributed by atoms with Crippen molar-refractivity contribution in [2.45, 2.75) is 25.9 Å². The summed E-state index contributed by atoms with van der Waals surface area (Å²) in [5.41, 5.74) is 4.33. The summed E-state index contributed by atoms with van der Waals surface area (Å²) >= 11 is 0. The predicted molar refractivity (Wildman–Crippen MR) is 54.0 cm³/mol. The number of H-pyrrole nitrogens is 1. The molecular weight excluding hydrogens is 198 g/mol. The van der Waals surface area contributed by atoms with E-state index in [1.54, 1.807) is 6.92 Å². The summed E-state index contributed by atoms with van der Waals surface area (Å²) in [4.78, 5) is 15.1. The number of amides is 1. The van der Waals surface area contributed by atoms with Gasteiger partial charge in [-0.15, -0.1) is 5.10 Å². The van der Waals surface area contributed by atoms with Gasteiger partial charge in [0.05, 0.1) is 5.60 Å². The first-order valence-electron chi connectivity index (χ1n) is 4.63. The highest BCUT2D eigenvalue weighted by molar-refractivity contribution is 5.90. The van der Waals surface area contributed by atoms with Crippen LogP contribution in [0.3, 0.4) is 0 Å². The van der Waals surface area contributed by atoms with E-state index in [0.29, 0.717) is 6.42 Å². The van der Waals surface area contributed by atoms with E-state index < -0.39 is 11.5 Å². The van der Waals surface area contributed by atoms with E-state index in [2.05, 4.69) is 20.5 Å². The molecule has 0 aliphatic rings. The fraction of sp³-hybridized carbons (Fsp3) is 0.625. The number of carbonyl (C=O) groups excluding carboxylic acids is 1. The number of nitrogens with one attached hydrogen (secondary N) is 2. The molecular formula is C8H15N5O2. The molecule has 1 heterocycles. The van der Waals surface area contributed by atoms with Crippen molar-refractivity contribution in [1.29, 1.82) is 0 Å². The Morgan fingerprint density at radius 1 is 1.73 bits per heavy atom. The van der Waals surface area contributed by atoms with Crippen molar-refractivity contribution in [3.05, 3.63) is 5.82 Å². The molecule has 1 amide bonds. The molecule has 0 saturated heterocycles. The molecule has 1 unspecified atom stereocenters. The molecule has 5 N–H and O–H groups in total. The van der Waals surface area contributed by atoms with Gasteiger partial charge < -0.3 is 16.2 Å². The van der Waals surface area contributed by atoms with Gasteiger partial charge in [-0.2, -0.15) is 4.98 Å². The molecule has 1 rings (SSSR count). The maximum absolute atomic E-state index is 11.4. The quantitative estimate of drug-likeness (QED) is 0.526. The van der Waals surface area contributed by atoms with Gasteiger partial charge in [0.2, 0.25) is 11.8 Å². The lowest BCUT2D eigenvalue weighted by atomic mass is 10.0. The molecule has 0 aliphatic carbocycles.